The van der Waals surface area contributed by atoms with E-state index in [4.69, 9.17) is 0 Å². The minimum absolute atomic E-state index is 0.0534. The Kier molecular flexibility index (Phi) is 10.0. The summed E-state index contributed by atoms with van der Waals surface area (Å²) in [5.41, 5.74) is 0. The van der Waals surface area contributed by atoms with E-state index in [0.29, 0.717) is 38.8 Å². The van der Waals surface area contributed by atoms with Crippen LogP contribution >= 0.6 is 0 Å². The number of hydrogen-bond acceptors (Lipinski definition) is 4. The van der Waals surface area contributed by atoms with Crippen LogP contribution in [0.3, 0.4) is 0 Å². The molecule has 1 N–H and O–H groups in total. The van der Waals surface area contributed by atoms with Gasteiger partial charge in [-0.05, 0) is 44.9 Å². The van der Waals surface area contributed by atoms with Crippen LogP contribution in [0.4, 0.5) is 0 Å². The highest BCUT2D eigenvalue weighted by atomic mass is 16.2. The summed E-state index contributed by atoms with van der Waals surface area (Å²) < 4.78 is 0. The minimum atomic E-state index is -0.0691. The quantitative estimate of drug-likeness (QED) is 0.407. The molecule has 0 aromatic rings. The van der Waals surface area contributed by atoms with Crippen LogP contribution < -0.4 is 5.32 Å². The molecule has 4 amide bonds. The molecule has 0 aromatic carbocycles. The van der Waals surface area contributed by atoms with Gasteiger partial charge >= 0.3 is 0 Å². The molecule has 28 heavy (non-hydrogen) atoms. The van der Waals surface area contributed by atoms with Crippen LogP contribution in [0.25, 0.3) is 0 Å². The summed E-state index contributed by atoms with van der Waals surface area (Å²) in [6.45, 7) is 2.97. The van der Waals surface area contributed by atoms with E-state index < -0.39 is 0 Å². The Morgan fingerprint density at radius 2 is 1.43 bits per heavy atom. The van der Waals surface area contributed by atoms with Crippen molar-refractivity contribution in [3.63, 3.8) is 0 Å². The van der Waals surface area contributed by atoms with Gasteiger partial charge in [-0.15, -0.1) is 0 Å². The molecule has 2 fully saturated rings. The Hall–Kier alpha value is -1.92. The zero-order valence-corrected chi connectivity index (χ0v) is 17.0. The molecule has 7 heteroatoms. The average molecular weight is 394 g/mol. The maximum Gasteiger partial charge on any atom is 0.229 e. The number of piperidine rings is 1. The number of likely N-dealkylation sites (tertiary alicyclic amines) is 2. The van der Waals surface area contributed by atoms with Gasteiger partial charge in [-0.2, -0.15) is 0 Å². The topological polar surface area (TPSA) is 86.8 Å². The highest BCUT2D eigenvalue weighted by Crippen LogP contribution is 2.13. The van der Waals surface area contributed by atoms with Crippen molar-refractivity contribution in [3.05, 3.63) is 0 Å². The zero-order valence-electron chi connectivity index (χ0n) is 17.0. The van der Waals surface area contributed by atoms with E-state index in [2.05, 4.69) is 5.32 Å². The van der Waals surface area contributed by atoms with Crippen LogP contribution in [0.2, 0.25) is 0 Å². The number of hydrogen-bond donors (Lipinski definition) is 1. The number of carbonyl (C=O) groups is 4. The fraction of sp³-hybridized carbons (Fsp3) is 0.810. The second-order valence-electron chi connectivity index (χ2n) is 7.85. The summed E-state index contributed by atoms with van der Waals surface area (Å²) in [4.78, 5) is 50.2. The van der Waals surface area contributed by atoms with E-state index in [1.807, 2.05) is 4.90 Å². The van der Waals surface area contributed by atoms with Crippen molar-refractivity contribution in [2.45, 2.75) is 83.5 Å². The third-order valence-corrected chi connectivity index (χ3v) is 5.54. The van der Waals surface area contributed by atoms with E-state index in [1.165, 1.54) is 11.3 Å². The smallest absolute Gasteiger partial charge is 0.229 e. The molecule has 0 aliphatic carbocycles. The van der Waals surface area contributed by atoms with Crippen LogP contribution in [0.15, 0.2) is 0 Å². The third-order valence-electron chi connectivity index (χ3n) is 5.54. The van der Waals surface area contributed by atoms with Crippen molar-refractivity contribution in [2.24, 2.45) is 0 Å². The number of amides is 4. The maximum absolute atomic E-state index is 12.0. The molecule has 2 rings (SSSR count). The van der Waals surface area contributed by atoms with Crippen molar-refractivity contribution < 1.29 is 19.2 Å². The highest BCUT2D eigenvalue weighted by Gasteiger charge is 2.27. The van der Waals surface area contributed by atoms with Crippen molar-refractivity contribution in [1.82, 2.24) is 15.1 Å². The Morgan fingerprint density at radius 1 is 0.786 bits per heavy atom. The van der Waals surface area contributed by atoms with Gasteiger partial charge in [0, 0.05) is 51.9 Å². The average Bonchev–Trinajstić information content (AvgIpc) is 3.02. The Bertz CT molecular complexity index is 528. The number of nitrogens with zero attached hydrogens (tertiary/aromatic N) is 2. The lowest BCUT2D eigenvalue weighted by Gasteiger charge is -2.26. The third kappa shape index (κ3) is 7.98. The lowest BCUT2D eigenvalue weighted by molar-refractivity contribution is -0.138. The molecule has 0 unspecified atom stereocenters. The van der Waals surface area contributed by atoms with Gasteiger partial charge in [0.1, 0.15) is 0 Å². The van der Waals surface area contributed by atoms with Crippen LogP contribution in [0, 0.1) is 0 Å². The minimum Gasteiger partial charge on any atom is -0.356 e. The number of imide groups is 1. The highest BCUT2D eigenvalue weighted by molar-refractivity contribution is 6.01. The van der Waals surface area contributed by atoms with E-state index in [-0.39, 0.29) is 23.6 Å². The summed E-state index contributed by atoms with van der Waals surface area (Å²) in [5, 5.41) is 2.93. The first-order valence-corrected chi connectivity index (χ1v) is 11.0. The molecule has 7 nitrogen and oxygen atoms in total. The molecule has 0 bridgehead atoms. The predicted octanol–water partition coefficient (Wildman–Crippen LogP) is 2.38. The molecule has 158 valence electrons. The molecule has 0 spiro atoms. The van der Waals surface area contributed by atoms with Gasteiger partial charge in [0.2, 0.25) is 23.6 Å². The van der Waals surface area contributed by atoms with Gasteiger partial charge in [0.25, 0.3) is 0 Å². The molecular formula is C21H35N3O4. The molecular weight excluding hydrogens is 358 g/mol. The van der Waals surface area contributed by atoms with Gasteiger partial charge in [-0.3, -0.25) is 24.1 Å². The molecule has 2 aliphatic heterocycles. The van der Waals surface area contributed by atoms with Crippen LogP contribution in [0.5, 0.6) is 0 Å². The van der Waals surface area contributed by atoms with Gasteiger partial charge in [-0.1, -0.05) is 12.8 Å². The number of nitrogens with one attached hydrogen (secondary N) is 1. The fourth-order valence-corrected chi connectivity index (χ4v) is 3.80. The second kappa shape index (κ2) is 12.5. The summed E-state index contributed by atoms with van der Waals surface area (Å²) in [7, 11) is 0. The lowest BCUT2D eigenvalue weighted by atomic mass is 10.1. The molecule has 0 saturated carbocycles. The predicted molar refractivity (Wildman–Crippen MR) is 106 cm³/mol. The molecule has 0 aromatic heterocycles. The standard InChI is InChI=1S/C21H35N3O4/c25-18(10-4-2-9-17-24-20(27)12-13-21(24)28)22-14-6-1-5-11-19(26)23-15-7-3-8-16-23/h1-17H2,(H,22,25). The van der Waals surface area contributed by atoms with Gasteiger partial charge in [0.05, 0.1) is 0 Å². The number of rotatable bonds is 12. The maximum atomic E-state index is 12.0. The van der Waals surface area contributed by atoms with E-state index in [9.17, 15) is 19.2 Å². The Morgan fingerprint density at radius 3 is 2.14 bits per heavy atom. The first kappa shape index (κ1) is 22.4. The lowest BCUT2D eigenvalue weighted by Crippen LogP contribution is -2.35. The van der Waals surface area contributed by atoms with Gasteiger partial charge < -0.3 is 10.2 Å². The number of unbranched alkanes of at least 4 members (excludes halogenated alkanes) is 4. The SMILES string of the molecule is O=C(CCCCCN1C(=O)CCC1=O)NCCCCCC(=O)N1CCCCC1. The molecule has 0 atom stereocenters. The Balaban J connectivity index is 1.39. The second-order valence-corrected chi connectivity index (χ2v) is 7.85. The van der Waals surface area contributed by atoms with Crippen molar-refractivity contribution in [3.8, 4) is 0 Å². The molecule has 2 heterocycles. The van der Waals surface area contributed by atoms with E-state index in [1.54, 1.807) is 0 Å². The summed E-state index contributed by atoms with van der Waals surface area (Å²) in [6.07, 6.45) is 10.4. The molecule has 0 radical (unpaired) electrons. The first-order valence-electron chi connectivity index (χ1n) is 11.0. The summed E-state index contributed by atoms with van der Waals surface area (Å²) >= 11 is 0. The molecule has 2 saturated heterocycles. The van der Waals surface area contributed by atoms with Crippen molar-refractivity contribution in [2.75, 3.05) is 26.2 Å². The van der Waals surface area contributed by atoms with Crippen LogP contribution in [0.1, 0.15) is 83.5 Å². The van der Waals surface area contributed by atoms with E-state index >= 15 is 0 Å². The van der Waals surface area contributed by atoms with Crippen LogP contribution in [-0.2, 0) is 19.2 Å². The first-order chi connectivity index (χ1) is 13.6. The number of carbonyl (C=O) groups excluding carboxylic acids is 4. The molecule has 2 aliphatic rings. The van der Waals surface area contributed by atoms with Crippen molar-refractivity contribution in [1.29, 1.82) is 0 Å². The fourth-order valence-electron chi connectivity index (χ4n) is 3.80. The van der Waals surface area contributed by atoms with Crippen LogP contribution in [-0.4, -0.2) is 59.6 Å². The monoisotopic (exact) mass is 393 g/mol. The van der Waals surface area contributed by atoms with E-state index in [0.717, 1.165) is 64.5 Å². The largest absolute Gasteiger partial charge is 0.356 e. The summed E-state index contributed by atoms with van der Waals surface area (Å²) in [6, 6.07) is 0. The zero-order chi connectivity index (χ0) is 20.2. The van der Waals surface area contributed by atoms with Gasteiger partial charge in [0.15, 0.2) is 0 Å². The van der Waals surface area contributed by atoms with Gasteiger partial charge in [-0.25, -0.2) is 0 Å². The van der Waals surface area contributed by atoms with Crippen molar-refractivity contribution >= 4 is 23.6 Å². The Labute approximate surface area is 168 Å². The normalized spacial score (nSPS) is 17.3. The summed E-state index contributed by atoms with van der Waals surface area (Å²) in [5.74, 6) is 0.194.